The summed E-state index contributed by atoms with van der Waals surface area (Å²) in [5.41, 5.74) is 0. The van der Waals surface area contributed by atoms with Gasteiger partial charge < -0.3 is 37.2 Å². The Morgan fingerprint density at radius 1 is 0.583 bits per heavy atom. The molecule has 2 amide bonds. The van der Waals surface area contributed by atoms with Gasteiger partial charge in [0.1, 0.15) is 0 Å². The molecule has 0 spiro atoms. The predicted molar refractivity (Wildman–Crippen MR) is 147 cm³/mol. The Balaban J connectivity index is 0. The molecule has 0 fully saturated rings. The topological polar surface area (TPSA) is 114 Å². The van der Waals surface area contributed by atoms with E-state index in [1.54, 1.807) is 0 Å². The third kappa shape index (κ3) is 17.9. The summed E-state index contributed by atoms with van der Waals surface area (Å²) >= 11 is 0. The molecule has 0 saturated carbocycles. The van der Waals surface area contributed by atoms with Gasteiger partial charge in [0, 0.05) is 64.8 Å². The van der Waals surface area contributed by atoms with Gasteiger partial charge in [0.05, 0.1) is 0 Å². The second kappa shape index (κ2) is 24.0. The summed E-state index contributed by atoms with van der Waals surface area (Å²) in [5.74, 6) is -0.321. The highest BCUT2D eigenvalue weighted by molar-refractivity contribution is 6.61. The molecule has 0 radical (unpaired) electrons. The number of nitrogens with one attached hydrogen (secondary N) is 2. The van der Waals surface area contributed by atoms with Gasteiger partial charge in [-0.2, -0.15) is 0 Å². The van der Waals surface area contributed by atoms with E-state index in [2.05, 4.69) is 23.8 Å². The lowest BCUT2D eigenvalue weighted by atomic mass is 10.4. The molecule has 0 aromatic heterocycles. The van der Waals surface area contributed by atoms with Gasteiger partial charge in [-0.3, -0.25) is 9.59 Å². The van der Waals surface area contributed by atoms with Gasteiger partial charge in [0.25, 0.3) is 0 Å². The zero-order valence-electron chi connectivity index (χ0n) is 23.3. The monoisotopic (exact) mass is 550 g/mol. The molecule has 0 aromatic carbocycles. The van der Waals surface area contributed by atoms with Crippen molar-refractivity contribution in [3.05, 3.63) is 25.3 Å². The lowest BCUT2D eigenvalue weighted by Crippen LogP contribution is -2.46. The molecule has 2 N–H and O–H groups in total. The normalized spacial score (nSPS) is 11.3. The quantitative estimate of drug-likeness (QED) is 0.120. The Bertz CT molecular complexity index is 512. The van der Waals surface area contributed by atoms with Crippen LogP contribution in [0.25, 0.3) is 0 Å². The van der Waals surface area contributed by atoms with E-state index in [4.69, 9.17) is 26.6 Å². The number of hydrogen-bond acceptors (Lipinski definition) is 8. The van der Waals surface area contributed by atoms with Crippen molar-refractivity contribution >= 4 is 29.4 Å². The molecule has 0 aliphatic rings. The Hall–Kier alpha value is -1.39. The van der Waals surface area contributed by atoms with E-state index in [0.717, 1.165) is 12.8 Å². The fourth-order valence-corrected chi connectivity index (χ4v) is 8.40. The van der Waals surface area contributed by atoms with Crippen molar-refractivity contribution in [2.75, 3.05) is 52.7 Å². The Morgan fingerprint density at radius 2 is 0.833 bits per heavy atom. The molecule has 0 saturated heterocycles. The first kappa shape index (κ1) is 36.8. The van der Waals surface area contributed by atoms with Crippen LogP contribution >= 0.6 is 0 Å². The first-order chi connectivity index (χ1) is 17.3. The molecular weight excluding hydrogens is 500 g/mol. The molecule has 36 heavy (non-hydrogen) atoms. The lowest BCUT2D eigenvalue weighted by Gasteiger charge is -2.28. The number of carbonyl (C=O) groups is 2. The summed E-state index contributed by atoms with van der Waals surface area (Å²) in [6.45, 7) is 23.0. The highest BCUT2D eigenvalue weighted by Crippen LogP contribution is 2.18. The zero-order valence-corrected chi connectivity index (χ0v) is 25.3. The van der Waals surface area contributed by atoms with Gasteiger partial charge >= 0.3 is 17.6 Å². The molecule has 0 bridgehead atoms. The van der Waals surface area contributed by atoms with Crippen molar-refractivity contribution in [1.29, 1.82) is 0 Å². The molecule has 0 rings (SSSR count). The number of carbonyl (C=O) groups excluding carboxylic acids is 2. The lowest BCUT2D eigenvalue weighted by molar-refractivity contribution is -0.117. The molecule has 0 aliphatic heterocycles. The Morgan fingerprint density at radius 3 is 1.03 bits per heavy atom. The first-order valence-electron chi connectivity index (χ1n) is 12.9. The maximum absolute atomic E-state index is 11.0. The minimum Gasteiger partial charge on any atom is -0.374 e. The Labute approximate surface area is 220 Å². The third-order valence-corrected chi connectivity index (χ3v) is 10.8. The second-order valence-corrected chi connectivity index (χ2v) is 12.6. The van der Waals surface area contributed by atoms with Crippen molar-refractivity contribution in [3.63, 3.8) is 0 Å². The highest BCUT2D eigenvalue weighted by Gasteiger charge is 2.40. The van der Waals surface area contributed by atoms with Crippen molar-refractivity contribution in [2.24, 2.45) is 0 Å². The maximum Gasteiger partial charge on any atom is 0.500 e. The van der Waals surface area contributed by atoms with E-state index in [-0.39, 0.29) is 11.8 Å². The summed E-state index contributed by atoms with van der Waals surface area (Å²) in [5, 5.41) is 5.46. The van der Waals surface area contributed by atoms with Crippen LogP contribution in [0.15, 0.2) is 25.3 Å². The van der Waals surface area contributed by atoms with Gasteiger partial charge in [0.15, 0.2) is 0 Å². The SMILES string of the molecule is C=CC(=O)NCCC[Si](OCC)(OCC)OCC.C=CC(=O)NCCC[Si](OCC)(OCC)OCC. The number of rotatable bonds is 22. The Kier molecular flexibility index (Phi) is 24.5. The van der Waals surface area contributed by atoms with Crippen LogP contribution in [0.1, 0.15) is 54.4 Å². The molecule has 10 nitrogen and oxygen atoms in total. The minimum absolute atomic E-state index is 0.161. The second-order valence-electron chi connectivity index (χ2n) is 7.16. The van der Waals surface area contributed by atoms with E-state index in [1.165, 1.54) is 12.2 Å². The summed E-state index contributed by atoms with van der Waals surface area (Å²) < 4.78 is 34.2. The van der Waals surface area contributed by atoms with Gasteiger partial charge in [-0.1, -0.05) is 13.2 Å². The van der Waals surface area contributed by atoms with Crippen molar-refractivity contribution in [2.45, 2.75) is 66.5 Å². The standard InChI is InChI=1S/2C12H25NO4Si/c2*1-5-12(14)13-10-9-11-18(15-6-2,16-7-3)17-8-4/h2*5H,1,6-11H2,2-4H3,(H,13,14). The molecule has 12 heteroatoms. The molecule has 0 heterocycles. The first-order valence-corrected chi connectivity index (χ1v) is 16.8. The summed E-state index contributed by atoms with van der Waals surface area (Å²) in [4.78, 5) is 22.0. The average Bonchev–Trinajstić information content (AvgIpc) is 2.85. The summed E-state index contributed by atoms with van der Waals surface area (Å²) in [7, 11) is -5.11. The van der Waals surface area contributed by atoms with Gasteiger partial charge in [0.2, 0.25) is 11.8 Å². The smallest absolute Gasteiger partial charge is 0.374 e. The molecule has 212 valence electrons. The van der Waals surface area contributed by atoms with E-state index in [1.807, 2.05) is 41.5 Å². The number of amides is 2. The van der Waals surface area contributed by atoms with Crippen LogP contribution in [-0.4, -0.2) is 82.2 Å². The summed E-state index contributed by atoms with van der Waals surface area (Å²) in [6.07, 6.45) is 4.06. The van der Waals surface area contributed by atoms with Gasteiger partial charge in [-0.05, 0) is 66.5 Å². The molecular formula is C24H50N2O8Si2. The van der Waals surface area contributed by atoms with Crippen LogP contribution in [0.5, 0.6) is 0 Å². The van der Waals surface area contributed by atoms with Crippen LogP contribution in [0.3, 0.4) is 0 Å². The van der Waals surface area contributed by atoms with Crippen molar-refractivity contribution in [1.82, 2.24) is 10.6 Å². The van der Waals surface area contributed by atoms with Gasteiger partial charge in [-0.25, -0.2) is 0 Å². The zero-order chi connectivity index (χ0) is 27.7. The van der Waals surface area contributed by atoms with E-state index in [9.17, 15) is 9.59 Å². The molecule has 0 aromatic rings. The van der Waals surface area contributed by atoms with Crippen LogP contribution in [0.2, 0.25) is 12.1 Å². The van der Waals surface area contributed by atoms with Crippen molar-refractivity contribution in [3.8, 4) is 0 Å². The number of hydrogen-bond donors (Lipinski definition) is 2. The molecule has 0 atom stereocenters. The van der Waals surface area contributed by atoms with Crippen LogP contribution in [-0.2, 0) is 36.1 Å². The van der Waals surface area contributed by atoms with Crippen LogP contribution in [0.4, 0.5) is 0 Å². The molecule has 0 unspecified atom stereocenters. The van der Waals surface area contributed by atoms with E-state index in [0.29, 0.717) is 64.8 Å². The van der Waals surface area contributed by atoms with Crippen molar-refractivity contribution < 1.29 is 36.1 Å². The average molecular weight is 551 g/mol. The maximum atomic E-state index is 11.0. The predicted octanol–water partition coefficient (Wildman–Crippen LogP) is 3.45. The third-order valence-electron chi connectivity index (χ3n) is 4.47. The van der Waals surface area contributed by atoms with Gasteiger partial charge in [-0.15, -0.1) is 0 Å². The highest BCUT2D eigenvalue weighted by atomic mass is 28.4. The minimum atomic E-state index is -2.55. The fraction of sp³-hybridized carbons (Fsp3) is 0.750. The largest absolute Gasteiger partial charge is 0.500 e. The summed E-state index contributed by atoms with van der Waals surface area (Å²) in [6, 6.07) is 1.42. The van der Waals surface area contributed by atoms with E-state index < -0.39 is 17.6 Å². The van der Waals surface area contributed by atoms with Crippen LogP contribution < -0.4 is 10.6 Å². The molecule has 0 aliphatic carbocycles. The fourth-order valence-electron chi connectivity index (χ4n) is 3.18. The van der Waals surface area contributed by atoms with E-state index >= 15 is 0 Å². The van der Waals surface area contributed by atoms with Crippen LogP contribution in [0, 0.1) is 0 Å².